The van der Waals surface area contributed by atoms with Crippen LogP contribution in [-0.4, -0.2) is 58.2 Å². The number of nitrogens with zero attached hydrogens (tertiary/aromatic N) is 3. The minimum Gasteiger partial charge on any atom is -0.366 e. The zero-order chi connectivity index (χ0) is 21.9. The number of benzene rings is 1. The lowest BCUT2D eigenvalue weighted by Crippen LogP contribution is -2.43. The highest BCUT2D eigenvalue weighted by Crippen LogP contribution is 2.31. The number of fused-ring (bicyclic) bond motifs is 1. The number of nitrogens with one attached hydrogen (secondary N) is 1. The summed E-state index contributed by atoms with van der Waals surface area (Å²) >= 11 is 0. The summed E-state index contributed by atoms with van der Waals surface area (Å²) in [6.07, 6.45) is 3.23. The fraction of sp³-hybridized carbons (Fsp3) is 0.235. The molecular formula is C17H20FN4O6PS. The van der Waals surface area contributed by atoms with E-state index in [9.17, 15) is 12.8 Å². The van der Waals surface area contributed by atoms with Gasteiger partial charge in [0.1, 0.15) is 11.3 Å². The van der Waals surface area contributed by atoms with E-state index in [1.807, 2.05) is 0 Å². The van der Waals surface area contributed by atoms with Crippen molar-refractivity contribution in [2.75, 3.05) is 31.1 Å². The second-order valence-electron chi connectivity index (χ2n) is 6.39. The van der Waals surface area contributed by atoms with Crippen molar-refractivity contribution in [2.24, 2.45) is 0 Å². The molecule has 4 rings (SSSR count). The van der Waals surface area contributed by atoms with Gasteiger partial charge in [0.15, 0.2) is 0 Å². The second kappa shape index (κ2) is 8.80. The number of aromatic nitrogens is 2. The van der Waals surface area contributed by atoms with Crippen LogP contribution in [0.5, 0.6) is 0 Å². The lowest BCUT2D eigenvalue weighted by Gasteiger charge is -2.28. The predicted octanol–water partition coefficient (Wildman–Crippen LogP) is 0.893. The van der Waals surface area contributed by atoms with Crippen LogP contribution in [0.1, 0.15) is 0 Å². The summed E-state index contributed by atoms with van der Waals surface area (Å²) in [4.78, 5) is 28.0. The van der Waals surface area contributed by atoms with Gasteiger partial charge in [-0.2, -0.15) is 0 Å². The summed E-state index contributed by atoms with van der Waals surface area (Å²) < 4.78 is 49.7. The molecule has 162 valence electrons. The number of halogens is 1. The van der Waals surface area contributed by atoms with Crippen LogP contribution in [0.3, 0.4) is 0 Å². The van der Waals surface area contributed by atoms with E-state index in [1.54, 1.807) is 24.5 Å². The van der Waals surface area contributed by atoms with Crippen molar-refractivity contribution < 1.29 is 32.1 Å². The van der Waals surface area contributed by atoms with Gasteiger partial charge >= 0.3 is 7.82 Å². The average Bonchev–Trinajstić information content (AvgIpc) is 3.08. The summed E-state index contributed by atoms with van der Waals surface area (Å²) in [6, 6.07) is 8.45. The Kier molecular flexibility index (Phi) is 6.56. The van der Waals surface area contributed by atoms with E-state index >= 15 is 0 Å². The Bertz CT molecular complexity index is 1180. The Balaban J connectivity index is 0.000000461. The molecule has 13 heteroatoms. The molecule has 0 aliphatic carbocycles. The average molecular weight is 458 g/mol. The quantitative estimate of drug-likeness (QED) is 0.421. The molecule has 1 aromatic carbocycles. The Hall–Kier alpha value is -2.34. The van der Waals surface area contributed by atoms with Crippen molar-refractivity contribution in [2.45, 2.75) is 4.90 Å². The highest BCUT2D eigenvalue weighted by atomic mass is 32.2. The van der Waals surface area contributed by atoms with E-state index < -0.39 is 23.7 Å². The molecule has 4 N–H and O–H groups in total. The van der Waals surface area contributed by atoms with Crippen LogP contribution in [-0.2, 0) is 14.6 Å². The van der Waals surface area contributed by atoms with E-state index in [2.05, 4.69) is 15.2 Å². The molecule has 1 aliphatic rings. The first kappa shape index (κ1) is 22.3. The van der Waals surface area contributed by atoms with Crippen LogP contribution in [0.2, 0.25) is 0 Å². The topological polar surface area (TPSA) is 145 Å². The van der Waals surface area contributed by atoms with Crippen LogP contribution in [0, 0.1) is 5.82 Å². The monoisotopic (exact) mass is 458 g/mol. The smallest absolute Gasteiger partial charge is 0.366 e. The van der Waals surface area contributed by atoms with Gasteiger partial charge in [0, 0.05) is 38.6 Å². The van der Waals surface area contributed by atoms with Gasteiger partial charge in [0.2, 0.25) is 0 Å². The van der Waals surface area contributed by atoms with Crippen molar-refractivity contribution in [3.8, 4) is 0 Å². The highest BCUT2D eigenvalue weighted by molar-refractivity contribution is 7.90. The molecule has 0 spiro atoms. The maximum Gasteiger partial charge on any atom is 0.466 e. The number of piperazine rings is 1. The van der Waals surface area contributed by atoms with Gasteiger partial charge in [-0.25, -0.2) is 21.3 Å². The zero-order valence-electron chi connectivity index (χ0n) is 15.6. The molecule has 0 bridgehead atoms. The van der Waals surface area contributed by atoms with E-state index in [0.29, 0.717) is 11.0 Å². The Labute approximate surface area is 171 Å². The summed E-state index contributed by atoms with van der Waals surface area (Å²) in [5.74, 6) is -0.585. The van der Waals surface area contributed by atoms with E-state index in [0.717, 1.165) is 37.9 Å². The third kappa shape index (κ3) is 5.22. The number of hydrogen-bond donors (Lipinski definition) is 4. The second-order valence-corrected chi connectivity index (χ2v) is 9.24. The molecule has 1 saturated heterocycles. The maximum absolute atomic E-state index is 13.5. The predicted molar refractivity (Wildman–Crippen MR) is 108 cm³/mol. The zero-order valence-corrected chi connectivity index (χ0v) is 17.3. The lowest BCUT2D eigenvalue weighted by atomic mass is 10.3. The van der Waals surface area contributed by atoms with Gasteiger partial charge in [-0.1, -0.05) is 6.07 Å². The van der Waals surface area contributed by atoms with Crippen molar-refractivity contribution in [1.82, 2.24) is 14.3 Å². The molecular weight excluding hydrogens is 438 g/mol. The fourth-order valence-electron chi connectivity index (χ4n) is 3.09. The van der Waals surface area contributed by atoms with Gasteiger partial charge < -0.3 is 24.9 Å². The van der Waals surface area contributed by atoms with Gasteiger partial charge in [-0.3, -0.25) is 4.98 Å². The van der Waals surface area contributed by atoms with Crippen molar-refractivity contribution in [1.29, 1.82) is 0 Å². The lowest BCUT2D eigenvalue weighted by molar-refractivity contribution is 0.275. The summed E-state index contributed by atoms with van der Waals surface area (Å²) in [6.45, 7) is 3.21. The molecule has 0 saturated carbocycles. The Morgan fingerprint density at radius 2 is 1.77 bits per heavy atom. The molecule has 0 unspecified atom stereocenters. The molecule has 10 nitrogen and oxygen atoms in total. The first-order valence-electron chi connectivity index (χ1n) is 8.78. The fourth-order valence-corrected chi connectivity index (χ4v) is 4.47. The van der Waals surface area contributed by atoms with E-state index in [1.165, 1.54) is 22.2 Å². The molecule has 3 aromatic rings. The van der Waals surface area contributed by atoms with Gasteiger partial charge in [0.05, 0.1) is 16.1 Å². The first-order chi connectivity index (χ1) is 14.1. The molecule has 2 aromatic heterocycles. The molecule has 1 aliphatic heterocycles. The number of hydrogen-bond acceptors (Lipinski definition) is 6. The van der Waals surface area contributed by atoms with Crippen LogP contribution >= 0.6 is 7.82 Å². The maximum atomic E-state index is 13.5. The van der Waals surface area contributed by atoms with Gasteiger partial charge in [0.25, 0.3) is 10.0 Å². The molecule has 30 heavy (non-hydrogen) atoms. The van der Waals surface area contributed by atoms with E-state index in [4.69, 9.17) is 19.2 Å². The minimum absolute atomic E-state index is 0.0832. The summed E-state index contributed by atoms with van der Waals surface area (Å²) in [5.41, 5.74) is 1.89. The van der Waals surface area contributed by atoms with Crippen molar-refractivity contribution in [3.05, 3.63) is 54.6 Å². The third-order valence-corrected chi connectivity index (χ3v) is 5.99. The van der Waals surface area contributed by atoms with Crippen LogP contribution in [0.15, 0.2) is 53.7 Å². The van der Waals surface area contributed by atoms with Crippen LogP contribution in [0.25, 0.3) is 11.0 Å². The van der Waals surface area contributed by atoms with Crippen molar-refractivity contribution >= 4 is 34.6 Å². The summed E-state index contributed by atoms with van der Waals surface area (Å²) in [5, 5.41) is 3.27. The molecule has 1 fully saturated rings. The normalized spacial score (nSPS) is 15.0. The van der Waals surface area contributed by atoms with Gasteiger partial charge in [-0.15, -0.1) is 0 Å². The van der Waals surface area contributed by atoms with Crippen LogP contribution < -0.4 is 10.2 Å². The molecule has 0 atom stereocenters. The Morgan fingerprint density at radius 1 is 1.10 bits per heavy atom. The number of rotatable bonds is 3. The first-order valence-corrected chi connectivity index (χ1v) is 11.8. The molecule has 0 amide bonds. The van der Waals surface area contributed by atoms with E-state index in [-0.39, 0.29) is 4.90 Å². The largest absolute Gasteiger partial charge is 0.466 e. The van der Waals surface area contributed by atoms with Gasteiger partial charge in [-0.05, 0) is 30.3 Å². The minimum atomic E-state index is -4.64. The SMILES string of the molecule is O=P(O)(O)O.O=S(=O)(c1cccc(F)c1)n1cc(N2CCNCC2)c2ncccc21. The standard InChI is InChI=1S/C17H17FN4O2S.H3O4P/c18-13-3-1-4-14(11-13)25(23,24)22-12-16(21-9-7-19-8-10-21)17-15(22)5-2-6-20-17;1-5(2,3)4/h1-6,11-12,19H,7-10H2;(H3,1,2,3,4). The summed E-state index contributed by atoms with van der Waals surface area (Å²) in [7, 11) is -8.55. The molecule has 3 heterocycles. The number of pyridine rings is 1. The Morgan fingerprint density at radius 3 is 2.40 bits per heavy atom. The highest BCUT2D eigenvalue weighted by Gasteiger charge is 2.25. The van der Waals surface area contributed by atoms with Crippen LogP contribution in [0.4, 0.5) is 10.1 Å². The number of phosphoric acid groups is 1. The molecule has 0 radical (unpaired) electrons. The third-order valence-electron chi connectivity index (χ3n) is 4.32. The van der Waals surface area contributed by atoms with Crippen molar-refractivity contribution in [3.63, 3.8) is 0 Å². The number of anilines is 1.